The summed E-state index contributed by atoms with van der Waals surface area (Å²) in [6.07, 6.45) is 3.67. The molecule has 27 heavy (non-hydrogen) atoms. The van der Waals surface area contributed by atoms with Crippen molar-refractivity contribution in [2.24, 2.45) is 0 Å². The number of rotatable bonds is 11. The predicted molar refractivity (Wildman–Crippen MR) is 107 cm³/mol. The van der Waals surface area contributed by atoms with Gasteiger partial charge < -0.3 is 4.74 Å². The number of hydrogen-bond donors (Lipinski definition) is 0. The Morgan fingerprint density at radius 3 is 2.30 bits per heavy atom. The van der Waals surface area contributed by atoms with Crippen molar-refractivity contribution in [3.8, 4) is 0 Å². The zero-order chi connectivity index (χ0) is 20.3. The van der Waals surface area contributed by atoms with E-state index in [0.29, 0.717) is 19.3 Å². The van der Waals surface area contributed by atoms with Gasteiger partial charge in [-0.3, -0.25) is 9.63 Å². The Morgan fingerprint density at radius 1 is 1.07 bits per heavy atom. The fourth-order valence-electron chi connectivity index (χ4n) is 2.71. The molecule has 0 N–H and O–H groups in total. The summed E-state index contributed by atoms with van der Waals surface area (Å²) in [6.45, 7) is 9.81. The molecule has 1 aromatic carbocycles. The summed E-state index contributed by atoms with van der Waals surface area (Å²) >= 11 is 0. The minimum absolute atomic E-state index is 0.159. The number of carbonyl (C=O) groups is 2. The Morgan fingerprint density at radius 2 is 1.74 bits per heavy atom. The normalized spacial score (nSPS) is 12.5. The number of carbonyl (C=O) groups excluding carboxylic acids is 2. The molecule has 0 radical (unpaired) electrons. The summed E-state index contributed by atoms with van der Waals surface area (Å²) in [5, 5.41) is 1.28. The van der Waals surface area contributed by atoms with Crippen LogP contribution in [0.4, 0.5) is 4.79 Å². The van der Waals surface area contributed by atoms with E-state index < -0.39 is 11.7 Å². The average Bonchev–Trinajstić information content (AvgIpc) is 2.59. The second-order valence-electron chi connectivity index (χ2n) is 7.85. The van der Waals surface area contributed by atoms with E-state index in [4.69, 9.17) is 9.57 Å². The number of ketones is 1. The lowest BCUT2D eigenvalue weighted by Gasteiger charge is -2.32. The van der Waals surface area contributed by atoms with Crippen LogP contribution in [-0.4, -0.2) is 28.6 Å². The molecule has 1 amide bonds. The number of Topliss-reactive ketones (excluding diaryl/α,β-unsaturated/α-hetero) is 1. The van der Waals surface area contributed by atoms with Gasteiger partial charge in [-0.25, -0.2) is 4.79 Å². The van der Waals surface area contributed by atoms with Crippen LogP contribution in [0.1, 0.15) is 78.7 Å². The maximum atomic E-state index is 12.8. The van der Waals surface area contributed by atoms with Gasteiger partial charge in [0.1, 0.15) is 18.0 Å². The zero-order valence-corrected chi connectivity index (χ0v) is 17.5. The quantitative estimate of drug-likeness (QED) is 0.466. The van der Waals surface area contributed by atoms with Gasteiger partial charge in [-0.15, -0.1) is 0 Å². The second-order valence-corrected chi connectivity index (χ2v) is 7.85. The lowest BCUT2D eigenvalue weighted by Crippen LogP contribution is -2.44. The molecule has 1 aromatic rings. The minimum atomic E-state index is -0.631. The molecule has 5 heteroatoms. The fourth-order valence-corrected chi connectivity index (χ4v) is 2.71. The largest absolute Gasteiger partial charge is 0.442 e. The highest BCUT2D eigenvalue weighted by molar-refractivity contribution is 5.79. The van der Waals surface area contributed by atoms with E-state index in [0.717, 1.165) is 24.8 Å². The van der Waals surface area contributed by atoms with Crippen molar-refractivity contribution >= 4 is 11.9 Å². The van der Waals surface area contributed by atoms with E-state index >= 15 is 0 Å². The molecule has 0 fully saturated rings. The van der Waals surface area contributed by atoms with Crippen molar-refractivity contribution < 1.29 is 19.2 Å². The van der Waals surface area contributed by atoms with Crippen molar-refractivity contribution in [3.05, 3.63) is 35.9 Å². The number of hydrogen-bond acceptors (Lipinski definition) is 4. The third-order valence-corrected chi connectivity index (χ3v) is 4.01. The number of nitrogens with zero attached hydrogens (tertiary/aromatic N) is 1. The summed E-state index contributed by atoms with van der Waals surface area (Å²) in [5.74, 6) is 0.159. The van der Waals surface area contributed by atoms with E-state index in [1.807, 2.05) is 58.0 Å². The molecule has 0 unspecified atom stereocenters. The number of unbranched alkanes of at least 4 members (excludes halogenated alkanes) is 1. The molecule has 0 saturated heterocycles. The molecular weight excluding hydrogens is 342 g/mol. The van der Waals surface area contributed by atoms with Crippen LogP contribution in [0.15, 0.2) is 30.3 Å². The van der Waals surface area contributed by atoms with Crippen LogP contribution in [-0.2, 0) is 21.0 Å². The van der Waals surface area contributed by atoms with Gasteiger partial charge in [0, 0.05) is 12.8 Å². The van der Waals surface area contributed by atoms with Crippen molar-refractivity contribution in [1.82, 2.24) is 5.06 Å². The highest BCUT2D eigenvalue weighted by Crippen LogP contribution is 2.20. The summed E-state index contributed by atoms with van der Waals surface area (Å²) in [6, 6.07) is 9.34. The summed E-state index contributed by atoms with van der Waals surface area (Å²) < 4.78 is 5.53. The molecule has 0 aromatic heterocycles. The first-order valence-electron chi connectivity index (χ1n) is 9.97. The molecule has 0 aliphatic heterocycles. The Hall–Kier alpha value is -1.88. The third-order valence-electron chi connectivity index (χ3n) is 4.01. The third kappa shape index (κ3) is 9.57. The SMILES string of the molecule is CCCCC(=O)C[C@@H](CCC)N(OCc1ccccc1)C(=O)OC(C)(C)C. The maximum absolute atomic E-state index is 12.8. The van der Waals surface area contributed by atoms with Gasteiger partial charge in [0.25, 0.3) is 0 Å². The molecule has 152 valence electrons. The van der Waals surface area contributed by atoms with Gasteiger partial charge in [0.2, 0.25) is 0 Å². The molecule has 0 aliphatic rings. The minimum Gasteiger partial charge on any atom is -0.442 e. The van der Waals surface area contributed by atoms with Crippen molar-refractivity contribution in [2.75, 3.05) is 0 Å². The van der Waals surface area contributed by atoms with E-state index in [2.05, 4.69) is 6.92 Å². The van der Waals surface area contributed by atoms with Crippen LogP contribution in [0.25, 0.3) is 0 Å². The van der Waals surface area contributed by atoms with Gasteiger partial charge >= 0.3 is 6.09 Å². The number of hydroxylamine groups is 2. The number of benzene rings is 1. The van der Waals surface area contributed by atoms with E-state index in [1.165, 1.54) is 5.06 Å². The Labute approximate surface area is 164 Å². The van der Waals surface area contributed by atoms with E-state index in [1.54, 1.807) is 0 Å². The van der Waals surface area contributed by atoms with Crippen LogP contribution < -0.4 is 0 Å². The van der Waals surface area contributed by atoms with Crippen LogP contribution in [0.5, 0.6) is 0 Å². The van der Waals surface area contributed by atoms with Gasteiger partial charge in [0.15, 0.2) is 0 Å². The molecule has 1 rings (SSSR count). The molecule has 1 atom stereocenters. The van der Waals surface area contributed by atoms with Gasteiger partial charge in [-0.1, -0.05) is 57.0 Å². The van der Waals surface area contributed by atoms with Gasteiger partial charge in [0.05, 0.1) is 6.04 Å². The monoisotopic (exact) mass is 377 g/mol. The van der Waals surface area contributed by atoms with Crippen LogP contribution in [0.3, 0.4) is 0 Å². The maximum Gasteiger partial charge on any atom is 0.434 e. The summed E-state index contributed by atoms with van der Waals surface area (Å²) in [4.78, 5) is 31.0. The first kappa shape index (κ1) is 23.2. The number of amides is 1. The molecular formula is C22H35NO4. The first-order chi connectivity index (χ1) is 12.8. The van der Waals surface area contributed by atoms with E-state index in [-0.39, 0.29) is 18.4 Å². The molecule has 0 aliphatic carbocycles. The molecule has 5 nitrogen and oxygen atoms in total. The van der Waals surface area contributed by atoms with Gasteiger partial charge in [-0.05, 0) is 39.2 Å². The number of ether oxygens (including phenoxy) is 1. The molecule has 0 saturated carbocycles. The Kier molecular flexibility index (Phi) is 10.1. The smallest absolute Gasteiger partial charge is 0.434 e. The molecule has 0 heterocycles. The highest BCUT2D eigenvalue weighted by Gasteiger charge is 2.30. The topological polar surface area (TPSA) is 55.8 Å². The van der Waals surface area contributed by atoms with Gasteiger partial charge in [-0.2, -0.15) is 5.06 Å². The lowest BCUT2D eigenvalue weighted by molar-refractivity contribution is -0.182. The molecule has 0 spiro atoms. The first-order valence-corrected chi connectivity index (χ1v) is 9.97. The van der Waals surface area contributed by atoms with Crippen molar-refractivity contribution in [1.29, 1.82) is 0 Å². The zero-order valence-electron chi connectivity index (χ0n) is 17.5. The summed E-state index contributed by atoms with van der Waals surface area (Å²) in [5.41, 5.74) is 0.327. The molecule has 0 bridgehead atoms. The Bertz CT molecular complexity index is 565. The highest BCUT2D eigenvalue weighted by atomic mass is 16.7. The summed E-state index contributed by atoms with van der Waals surface area (Å²) in [7, 11) is 0. The second kappa shape index (κ2) is 11.8. The van der Waals surface area contributed by atoms with Crippen LogP contribution in [0.2, 0.25) is 0 Å². The van der Waals surface area contributed by atoms with Crippen molar-refractivity contribution in [3.63, 3.8) is 0 Å². The van der Waals surface area contributed by atoms with E-state index in [9.17, 15) is 9.59 Å². The standard InChI is InChI=1S/C22H35NO4/c1-6-8-15-20(24)16-19(12-7-2)23(21(25)27-22(3,4)5)26-17-18-13-10-9-11-14-18/h9-11,13-14,19H,6-8,12,15-17H2,1-5H3/t19-/m1/s1. The van der Waals surface area contributed by atoms with Crippen molar-refractivity contribution in [2.45, 2.75) is 91.4 Å². The van der Waals surface area contributed by atoms with Crippen LogP contribution in [0, 0.1) is 0 Å². The predicted octanol–water partition coefficient (Wildman–Crippen LogP) is 5.67. The van der Waals surface area contributed by atoms with Crippen LogP contribution >= 0.6 is 0 Å². The fraction of sp³-hybridized carbons (Fsp3) is 0.636. The average molecular weight is 378 g/mol. The lowest BCUT2D eigenvalue weighted by atomic mass is 10.0. The Balaban J connectivity index is 2.91.